The standard InChI is InChI=1S/C8H8ClF9O/c9-2-4-19-3-1-5(10,11)6(12,13)7(14,15)8(16,17)18/h1-4H2. The van der Waals surface area contributed by atoms with Gasteiger partial charge in [0.1, 0.15) is 0 Å². The zero-order valence-electron chi connectivity index (χ0n) is 9.02. The van der Waals surface area contributed by atoms with Crippen molar-refractivity contribution in [1.29, 1.82) is 0 Å². The Hall–Kier alpha value is -0.380. The summed E-state index contributed by atoms with van der Waals surface area (Å²) in [7, 11) is 0. The summed E-state index contributed by atoms with van der Waals surface area (Å²) in [6.45, 7) is -1.47. The molecule has 0 amide bonds. The van der Waals surface area contributed by atoms with Crippen molar-refractivity contribution in [3.05, 3.63) is 0 Å². The molecule has 0 spiro atoms. The first-order chi connectivity index (χ1) is 8.31. The van der Waals surface area contributed by atoms with Gasteiger partial charge in [0, 0.05) is 12.3 Å². The van der Waals surface area contributed by atoms with Crippen molar-refractivity contribution in [2.45, 2.75) is 30.4 Å². The normalized spacial score (nSPS) is 14.8. The topological polar surface area (TPSA) is 9.23 Å². The molecule has 0 unspecified atom stereocenters. The highest BCUT2D eigenvalue weighted by molar-refractivity contribution is 6.17. The number of hydrogen-bond donors (Lipinski definition) is 0. The predicted molar refractivity (Wildman–Crippen MR) is 47.1 cm³/mol. The van der Waals surface area contributed by atoms with Crippen LogP contribution >= 0.6 is 11.6 Å². The molecular formula is C8H8ClF9O. The van der Waals surface area contributed by atoms with Crippen LogP contribution in [0.3, 0.4) is 0 Å². The lowest BCUT2D eigenvalue weighted by atomic mass is 10.0. The van der Waals surface area contributed by atoms with Crippen LogP contribution in [0.15, 0.2) is 0 Å². The molecule has 0 bridgehead atoms. The third kappa shape index (κ3) is 3.80. The van der Waals surface area contributed by atoms with Crippen molar-refractivity contribution in [3.63, 3.8) is 0 Å². The summed E-state index contributed by atoms with van der Waals surface area (Å²) >= 11 is 5.04. The van der Waals surface area contributed by atoms with E-state index in [0.29, 0.717) is 0 Å². The quantitative estimate of drug-likeness (QED) is 0.389. The van der Waals surface area contributed by atoms with E-state index in [1.54, 1.807) is 0 Å². The molecule has 19 heavy (non-hydrogen) atoms. The van der Waals surface area contributed by atoms with Crippen molar-refractivity contribution < 1.29 is 44.3 Å². The summed E-state index contributed by atoms with van der Waals surface area (Å²) < 4.78 is 115. The van der Waals surface area contributed by atoms with Crippen LogP contribution in [-0.2, 0) is 4.74 Å². The highest BCUT2D eigenvalue weighted by Crippen LogP contribution is 2.53. The molecule has 11 heteroatoms. The van der Waals surface area contributed by atoms with Crippen LogP contribution < -0.4 is 0 Å². The molecule has 0 aliphatic rings. The SMILES string of the molecule is FC(F)(F)C(F)(F)C(F)(F)C(F)(F)CCOCCCl. The Morgan fingerprint density at radius 2 is 1.21 bits per heavy atom. The maximum Gasteiger partial charge on any atom is 0.460 e. The third-order valence-electron chi connectivity index (χ3n) is 1.99. The first-order valence-electron chi connectivity index (χ1n) is 4.65. The van der Waals surface area contributed by atoms with E-state index in [2.05, 4.69) is 4.74 Å². The molecule has 0 aromatic heterocycles. The lowest BCUT2D eigenvalue weighted by molar-refractivity contribution is -0.397. The number of rotatable bonds is 7. The van der Waals surface area contributed by atoms with Gasteiger partial charge in [-0.15, -0.1) is 11.6 Å². The van der Waals surface area contributed by atoms with Gasteiger partial charge in [-0.05, 0) is 0 Å². The Labute approximate surface area is 106 Å². The largest absolute Gasteiger partial charge is 0.460 e. The van der Waals surface area contributed by atoms with E-state index in [0.717, 1.165) is 0 Å². The van der Waals surface area contributed by atoms with Gasteiger partial charge in [0.2, 0.25) is 0 Å². The van der Waals surface area contributed by atoms with Gasteiger partial charge in [0.15, 0.2) is 0 Å². The molecule has 0 aromatic rings. The second kappa shape index (κ2) is 5.94. The first kappa shape index (κ1) is 18.6. The molecule has 0 aliphatic heterocycles. The van der Waals surface area contributed by atoms with E-state index >= 15 is 0 Å². The number of ether oxygens (including phenoxy) is 1. The summed E-state index contributed by atoms with van der Waals surface area (Å²) in [5, 5.41) is 0. The van der Waals surface area contributed by atoms with Gasteiger partial charge in [-0.1, -0.05) is 0 Å². The van der Waals surface area contributed by atoms with Gasteiger partial charge in [0.25, 0.3) is 0 Å². The molecule has 0 aromatic carbocycles. The molecule has 0 N–H and O–H groups in total. The Bertz CT molecular complexity index is 288. The third-order valence-corrected chi connectivity index (χ3v) is 2.15. The zero-order chi connectivity index (χ0) is 15.5. The molecule has 0 saturated heterocycles. The molecule has 0 atom stereocenters. The Balaban J connectivity index is 4.96. The van der Waals surface area contributed by atoms with Crippen LogP contribution in [0.1, 0.15) is 6.42 Å². The highest BCUT2D eigenvalue weighted by atomic mass is 35.5. The number of alkyl halides is 10. The first-order valence-corrected chi connectivity index (χ1v) is 5.18. The van der Waals surface area contributed by atoms with Gasteiger partial charge < -0.3 is 4.74 Å². The van der Waals surface area contributed by atoms with E-state index in [4.69, 9.17) is 11.6 Å². The molecule has 0 radical (unpaired) electrons. The lowest BCUT2D eigenvalue weighted by Crippen LogP contribution is -2.61. The summed E-state index contributed by atoms with van der Waals surface area (Å²) in [6.07, 6.45) is -8.79. The minimum absolute atomic E-state index is 0.180. The molecule has 0 saturated carbocycles. The molecule has 0 rings (SSSR count). The van der Waals surface area contributed by atoms with Crippen LogP contribution in [0.25, 0.3) is 0 Å². The Morgan fingerprint density at radius 3 is 1.58 bits per heavy atom. The van der Waals surface area contributed by atoms with Gasteiger partial charge in [0.05, 0.1) is 13.2 Å². The van der Waals surface area contributed by atoms with E-state index < -0.39 is 37.0 Å². The van der Waals surface area contributed by atoms with E-state index in [-0.39, 0.29) is 12.5 Å². The summed E-state index contributed by atoms with van der Waals surface area (Å²) in [5.74, 6) is -19.2. The molecule has 0 aliphatic carbocycles. The van der Waals surface area contributed by atoms with Crippen molar-refractivity contribution in [2.24, 2.45) is 0 Å². The van der Waals surface area contributed by atoms with Crippen LogP contribution in [0.4, 0.5) is 39.5 Å². The van der Waals surface area contributed by atoms with E-state index in [1.165, 1.54) is 0 Å². The average Bonchev–Trinajstić information content (AvgIpc) is 2.22. The maximum atomic E-state index is 12.8. The fourth-order valence-electron chi connectivity index (χ4n) is 0.922. The van der Waals surface area contributed by atoms with Crippen molar-refractivity contribution >= 4 is 11.6 Å². The smallest absolute Gasteiger partial charge is 0.380 e. The Kier molecular flexibility index (Phi) is 5.82. The predicted octanol–water partition coefficient (Wildman–Crippen LogP) is 4.10. The molecule has 0 fully saturated rings. The van der Waals surface area contributed by atoms with Crippen LogP contribution in [0.5, 0.6) is 0 Å². The van der Waals surface area contributed by atoms with Crippen LogP contribution in [0, 0.1) is 0 Å². The van der Waals surface area contributed by atoms with Gasteiger partial charge in [-0.25, -0.2) is 0 Å². The Morgan fingerprint density at radius 1 is 0.737 bits per heavy atom. The fourth-order valence-corrected chi connectivity index (χ4v) is 1.03. The zero-order valence-corrected chi connectivity index (χ0v) is 9.77. The van der Waals surface area contributed by atoms with Gasteiger partial charge in [-0.2, -0.15) is 39.5 Å². The second-order valence-corrected chi connectivity index (χ2v) is 3.78. The fraction of sp³-hybridized carbons (Fsp3) is 1.00. The summed E-state index contributed by atoms with van der Waals surface area (Å²) in [6, 6.07) is 0. The van der Waals surface area contributed by atoms with Crippen LogP contribution in [-0.4, -0.2) is 43.0 Å². The minimum Gasteiger partial charge on any atom is -0.380 e. The van der Waals surface area contributed by atoms with Gasteiger partial charge >= 0.3 is 23.9 Å². The van der Waals surface area contributed by atoms with Crippen molar-refractivity contribution in [2.75, 3.05) is 19.1 Å². The maximum absolute atomic E-state index is 12.8. The number of halogens is 10. The monoisotopic (exact) mass is 326 g/mol. The molecule has 0 heterocycles. The average molecular weight is 327 g/mol. The summed E-state index contributed by atoms with van der Waals surface area (Å²) in [4.78, 5) is 0. The summed E-state index contributed by atoms with van der Waals surface area (Å²) in [5.41, 5.74) is 0. The van der Waals surface area contributed by atoms with Crippen molar-refractivity contribution in [1.82, 2.24) is 0 Å². The molecule has 1 nitrogen and oxygen atoms in total. The van der Waals surface area contributed by atoms with Gasteiger partial charge in [-0.3, -0.25) is 0 Å². The second-order valence-electron chi connectivity index (χ2n) is 3.40. The molecular weight excluding hydrogens is 319 g/mol. The van der Waals surface area contributed by atoms with Crippen molar-refractivity contribution in [3.8, 4) is 0 Å². The molecule has 116 valence electrons. The lowest BCUT2D eigenvalue weighted by Gasteiger charge is -2.33. The van der Waals surface area contributed by atoms with E-state index in [9.17, 15) is 39.5 Å². The number of hydrogen-bond acceptors (Lipinski definition) is 1. The highest BCUT2D eigenvalue weighted by Gasteiger charge is 2.81. The minimum atomic E-state index is -6.85. The van der Waals surface area contributed by atoms with E-state index in [1.807, 2.05) is 0 Å². The van der Waals surface area contributed by atoms with Crippen LogP contribution in [0.2, 0.25) is 0 Å².